The second kappa shape index (κ2) is 6.77. The fourth-order valence-electron chi connectivity index (χ4n) is 3.92. The van der Waals surface area contributed by atoms with Crippen molar-refractivity contribution in [2.75, 3.05) is 13.1 Å². The molecule has 130 valence electrons. The molecule has 0 amide bonds. The lowest BCUT2D eigenvalue weighted by Crippen LogP contribution is -3.12. The third-order valence-corrected chi connectivity index (χ3v) is 5.53. The summed E-state index contributed by atoms with van der Waals surface area (Å²) in [5.41, 5.74) is 2.40. The largest absolute Gasteiger partial charge is 0.506 e. The molecule has 2 atom stereocenters. The van der Waals surface area contributed by atoms with Gasteiger partial charge in [-0.2, -0.15) is 0 Å². The fraction of sp³-hybridized carbons (Fsp3) is 0.526. The summed E-state index contributed by atoms with van der Waals surface area (Å²) in [6.45, 7) is 8.87. The lowest BCUT2D eigenvalue weighted by Gasteiger charge is -2.28. The monoisotopic (exact) mass is 350 g/mol. The molecule has 1 saturated heterocycles. The van der Waals surface area contributed by atoms with Crippen molar-refractivity contribution in [2.45, 2.75) is 46.6 Å². The van der Waals surface area contributed by atoms with Crippen molar-refractivity contribution in [3.05, 3.63) is 38.2 Å². The van der Waals surface area contributed by atoms with Gasteiger partial charge in [-0.25, -0.2) is 4.79 Å². The number of phenols is 1. The number of hydrogen-bond acceptors (Lipinski definition) is 3. The summed E-state index contributed by atoms with van der Waals surface area (Å²) < 4.78 is 5.61. The van der Waals surface area contributed by atoms with Crippen LogP contribution in [0.25, 0.3) is 11.0 Å². The Kier molecular flexibility index (Phi) is 4.88. The van der Waals surface area contributed by atoms with Crippen molar-refractivity contribution in [1.29, 1.82) is 0 Å². The summed E-state index contributed by atoms with van der Waals surface area (Å²) in [6, 6.07) is 1.71. The van der Waals surface area contributed by atoms with Crippen LogP contribution in [0.3, 0.4) is 0 Å². The van der Waals surface area contributed by atoms with Crippen LogP contribution in [-0.4, -0.2) is 18.2 Å². The zero-order chi connectivity index (χ0) is 17.4. The maximum absolute atomic E-state index is 12.3. The molecule has 1 aliphatic heterocycles. The summed E-state index contributed by atoms with van der Waals surface area (Å²) in [5.74, 6) is 0.712. The molecule has 1 aromatic carbocycles. The van der Waals surface area contributed by atoms with E-state index >= 15 is 0 Å². The van der Waals surface area contributed by atoms with E-state index in [4.69, 9.17) is 16.0 Å². The van der Waals surface area contributed by atoms with Gasteiger partial charge in [-0.1, -0.05) is 25.4 Å². The van der Waals surface area contributed by atoms with Gasteiger partial charge in [0.1, 0.15) is 12.3 Å². The summed E-state index contributed by atoms with van der Waals surface area (Å²) in [6.07, 6.45) is 3.05. The maximum atomic E-state index is 12.3. The Balaban J connectivity index is 2.15. The van der Waals surface area contributed by atoms with Crippen LogP contribution in [0.4, 0.5) is 0 Å². The van der Waals surface area contributed by atoms with Crippen molar-refractivity contribution in [2.24, 2.45) is 5.92 Å². The number of quaternary nitrogens is 1. The third kappa shape index (κ3) is 3.05. The van der Waals surface area contributed by atoms with E-state index in [0.29, 0.717) is 40.6 Å². The molecule has 2 N–H and O–H groups in total. The number of halogens is 1. The number of hydrogen-bond donors (Lipinski definition) is 2. The SMILES string of the molecule is CCc1c(C)c2cc(Cl)c(O)c(C[NH+]3CCC[C@H](C)C3)c2oc1=O. The molecule has 2 aromatic rings. The topological polar surface area (TPSA) is 54.9 Å². The molecule has 3 rings (SSSR count). The minimum Gasteiger partial charge on any atom is -0.506 e. The zero-order valence-corrected chi connectivity index (χ0v) is 15.3. The first-order chi connectivity index (χ1) is 11.4. The number of phenolic OH excluding ortho intramolecular Hbond substituents is 1. The van der Waals surface area contributed by atoms with Gasteiger partial charge >= 0.3 is 5.63 Å². The van der Waals surface area contributed by atoms with Crippen LogP contribution in [0.5, 0.6) is 5.75 Å². The zero-order valence-electron chi connectivity index (χ0n) is 14.5. The maximum Gasteiger partial charge on any atom is 0.339 e. The van der Waals surface area contributed by atoms with Gasteiger partial charge in [-0.15, -0.1) is 0 Å². The summed E-state index contributed by atoms with van der Waals surface area (Å²) in [4.78, 5) is 13.7. The highest BCUT2D eigenvalue weighted by molar-refractivity contribution is 6.33. The van der Waals surface area contributed by atoms with Crippen LogP contribution >= 0.6 is 11.6 Å². The second-order valence-corrected chi connectivity index (χ2v) is 7.44. The molecule has 0 bridgehead atoms. The van der Waals surface area contributed by atoms with Gasteiger partial charge in [-0.3, -0.25) is 0 Å². The van der Waals surface area contributed by atoms with Crippen molar-refractivity contribution >= 4 is 22.6 Å². The fourth-order valence-corrected chi connectivity index (χ4v) is 4.14. The Labute approximate surface area is 147 Å². The van der Waals surface area contributed by atoms with E-state index < -0.39 is 0 Å². The van der Waals surface area contributed by atoms with Crippen LogP contribution in [0.2, 0.25) is 5.02 Å². The first-order valence-electron chi connectivity index (χ1n) is 8.72. The molecule has 0 radical (unpaired) electrons. The smallest absolute Gasteiger partial charge is 0.339 e. The molecule has 5 heteroatoms. The summed E-state index contributed by atoms with van der Waals surface area (Å²) >= 11 is 6.27. The molecule has 1 unspecified atom stereocenters. The Morgan fingerprint density at radius 2 is 2.17 bits per heavy atom. The van der Waals surface area contributed by atoms with Crippen LogP contribution in [-0.2, 0) is 13.0 Å². The normalized spacial score (nSPS) is 21.3. The number of likely N-dealkylation sites (tertiary alicyclic amines) is 1. The van der Waals surface area contributed by atoms with E-state index in [1.807, 2.05) is 13.8 Å². The molecule has 1 aromatic heterocycles. The molecule has 0 saturated carbocycles. The standard InChI is InChI=1S/C19H24ClNO3/c1-4-13-12(3)14-8-16(20)17(22)15(18(14)24-19(13)23)10-21-7-5-6-11(2)9-21/h8,11,22H,4-7,9-10H2,1-3H3/p+1/t11-/m0/s1. The van der Waals surface area contributed by atoms with Gasteiger partial charge in [0.15, 0.2) is 5.58 Å². The average molecular weight is 351 g/mol. The Hall–Kier alpha value is -1.52. The van der Waals surface area contributed by atoms with Crippen LogP contribution < -0.4 is 10.5 Å². The third-order valence-electron chi connectivity index (χ3n) is 5.24. The molecular weight excluding hydrogens is 326 g/mol. The second-order valence-electron chi connectivity index (χ2n) is 7.04. The molecule has 4 nitrogen and oxygen atoms in total. The van der Waals surface area contributed by atoms with E-state index in [1.165, 1.54) is 17.7 Å². The van der Waals surface area contributed by atoms with Gasteiger partial charge in [0.2, 0.25) is 0 Å². The van der Waals surface area contributed by atoms with Crippen molar-refractivity contribution in [3.63, 3.8) is 0 Å². The van der Waals surface area contributed by atoms with Crippen LogP contribution in [0, 0.1) is 12.8 Å². The van der Waals surface area contributed by atoms with Crippen LogP contribution in [0.1, 0.15) is 43.4 Å². The van der Waals surface area contributed by atoms with E-state index in [9.17, 15) is 9.90 Å². The predicted molar refractivity (Wildman–Crippen MR) is 96.1 cm³/mol. The lowest BCUT2D eigenvalue weighted by atomic mass is 9.98. The van der Waals surface area contributed by atoms with Crippen molar-refractivity contribution in [3.8, 4) is 5.75 Å². The summed E-state index contributed by atoms with van der Waals surface area (Å²) in [5, 5.41) is 11.6. The van der Waals surface area contributed by atoms with Crippen molar-refractivity contribution in [1.82, 2.24) is 0 Å². The minimum atomic E-state index is -0.313. The highest BCUT2D eigenvalue weighted by Gasteiger charge is 2.25. The molecule has 1 fully saturated rings. The minimum absolute atomic E-state index is 0.0432. The van der Waals surface area contributed by atoms with Gasteiger partial charge in [0.25, 0.3) is 0 Å². The number of aryl methyl sites for hydroxylation is 1. The Bertz CT molecular complexity index is 828. The highest BCUT2D eigenvalue weighted by atomic mass is 35.5. The van der Waals surface area contributed by atoms with Gasteiger partial charge < -0.3 is 14.4 Å². The average Bonchev–Trinajstić information content (AvgIpc) is 2.54. The molecule has 1 aliphatic rings. The number of benzene rings is 1. The molecule has 0 spiro atoms. The summed E-state index contributed by atoms with van der Waals surface area (Å²) in [7, 11) is 0. The number of nitrogens with one attached hydrogen (secondary N) is 1. The van der Waals surface area contributed by atoms with E-state index in [1.54, 1.807) is 6.07 Å². The Morgan fingerprint density at radius 1 is 1.42 bits per heavy atom. The van der Waals surface area contributed by atoms with Crippen molar-refractivity contribution < 1.29 is 14.4 Å². The first kappa shape index (κ1) is 17.3. The number of piperidine rings is 1. The number of fused-ring (bicyclic) bond motifs is 1. The van der Waals surface area contributed by atoms with Crippen LogP contribution in [0.15, 0.2) is 15.3 Å². The molecule has 24 heavy (non-hydrogen) atoms. The van der Waals surface area contributed by atoms with Gasteiger partial charge in [0, 0.05) is 16.9 Å². The van der Waals surface area contributed by atoms with Gasteiger partial charge in [-0.05, 0) is 37.8 Å². The molecular formula is C19H25ClNO3+. The van der Waals surface area contributed by atoms with E-state index in [2.05, 4.69) is 6.92 Å². The van der Waals surface area contributed by atoms with E-state index in [-0.39, 0.29) is 11.4 Å². The van der Waals surface area contributed by atoms with E-state index in [0.717, 1.165) is 24.0 Å². The molecule has 2 heterocycles. The number of aromatic hydroxyl groups is 1. The predicted octanol–water partition coefficient (Wildman–Crippen LogP) is 2.84. The highest BCUT2D eigenvalue weighted by Crippen LogP contribution is 2.35. The first-order valence-corrected chi connectivity index (χ1v) is 9.10. The van der Waals surface area contributed by atoms with Gasteiger partial charge in [0.05, 0.1) is 23.7 Å². The molecule has 0 aliphatic carbocycles. The quantitative estimate of drug-likeness (QED) is 0.837. The lowest BCUT2D eigenvalue weighted by molar-refractivity contribution is -0.922. The number of rotatable bonds is 3. The Morgan fingerprint density at radius 3 is 2.83 bits per heavy atom.